The maximum atomic E-state index is 13.6. The van der Waals surface area contributed by atoms with Gasteiger partial charge in [0.1, 0.15) is 0 Å². The minimum absolute atomic E-state index is 0.0477. The Morgan fingerprint density at radius 3 is 2.77 bits per heavy atom. The van der Waals surface area contributed by atoms with Crippen LogP contribution in [0.2, 0.25) is 0 Å². The number of aromatic hydroxyl groups is 1. The van der Waals surface area contributed by atoms with Gasteiger partial charge in [-0.2, -0.15) is 5.10 Å². The van der Waals surface area contributed by atoms with Crippen molar-refractivity contribution in [2.45, 2.75) is 25.6 Å². The van der Waals surface area contributed by atoms with E-state index in [-0.39, 0.29) is 18.0 Å². The predicted octanol–water partition coefficient (Wildman–Crippen LogP) is 3.00. The highest BCUT2D eigenvalue weighted by molar-refractivity contribution is 5.54. The summed E-state index contributed by atoms with van der Waals surface area (Å²) in [5.41, 5.74) is 10.1. The highest BCUT2D eigenvalue weighted by Crippen LogP contribution is 2.28. The zero-order valence-corrected chi connectivity index (χ0v) is 14.3. The summed E-state index contributed by atoms with van der Waals surface area (Å²) in [6.45, 7) is 1.83. The van der Waals surface area contributed by atoms with Crippen LogP contribution in [0.5, 0.6) is 5.75 Å². The average Bonchev–Trinajstić information content (AvgIpc) is 3.32. The number of hydrogen-bond donors (Lipinski definition) is 4. The van der Waals surface area contributed by atoms with Crippen molar-refractivity contribution < 1.29 is 9.50 Å². The van der Waals surface area contributed by atoms with Crippen LogP contribution >= 0.6 is 0 Å². The van der Waals surface area contributed by atoms with Crippen LogP contribution in [-0.4, -0.2) is 21.1 Å². The van der Waals surface area contributed by atoms with Crippen LogP contribution in [-0.2, 0) is 0 Å². The third kappa shape index (κ3) is 3.26. The lowest BCUT2D eigenvalue weighted by Gasteiger charge is -2.16. The molecule has 0 saturated carbocycles. The summed E-state index contributed by atoms with van der Waals surface area (Å²) in [7, 11) is 0. The first kappa shape index (κ1) is 16.6. The van der Waals surface area contributed by atoms with Crippen LogP contribution < -0.4 is 16.2 Å². The van der Waals surface area contributed by atoms with Gasteiger partial charge in [0, 0.05) is 36.6 Å². The van der Waals surface area contributed by atoms with Crippen LogP contribution in [0.25, 0.3) is 5.69 Å². The fourth-order valence-electron chi connectivity index (χ4n) is 3.16. The normalized spacial score (nSPS) is 19.6. The number of phenolic OH excluding ortho intramolecular Hbond substituents is 1. The Hall–Kier alpha value is -2.90. The van der Waals surface area contributed by atoms with E-state index in [1.165, 1.54) is 12.1 Å². The van der Waals surface area contributed by atoms with Gasteiger partial charge >= 0.3 is 0 Å². The van der Waals surface area contributed by atoms with E-state index in [9.17, 15) is 9.50 Å². The Morgan fingerprint density at radius 2 is 2.04 bits per heavy atom. The van der Waals surface area contributed by atoms with Gasteiger partial charge < -0.3 is 10.4 Å². The molecule has 0 spiro atoms. The molecule has 134 valence electrons. The van der Waals surface area contributed by atoms with E-state index in [4.69, 9.17) is 0 Å². The van der Waals surface area contributed by atoms with E-state index in [1.54, 1.807) is 6.20 Å². The molecule has 1 saturated heterocycles. The summed E-state index contributed by atoms with van der Waals surface area (Å²) in [5, 5.41) is 16.9. The number of nitrogens with zero attached hydrogens (tertiary/aromatic N) is 2. The fourth-order valence-corrected chi connectivity index (χ4v) is 3.16. The van der Waals surface area contributed by atoms with Gasteiger partial charge in [0.15, 0.2) is 11.6 Å². The Kier molecular flexibility index (Phi) is 4.32. The molecule has 1 fully saturated rings. The van der Waals surface area contributed by atoms with E-state index in [1.807, 2.05) is 36.0 Å². The summed E-state index contributed by atoms with van der Waals surface area (Å²) < 4.78 is 15.4. The Balaban J connectivity index is 1.43. The second kappa shape index (κ2) is 6.78. The Morgan fingerprint density at radius 1 is 1.23 bits per heavy atom. The summed E-state index contributed by atoms with van der Waals surface area (Å²) in [6.07, 6.45) is 4.40. The van der Waals surface area contributed by atoms with Gasteiger partial charge in [-0.1, -0.05) is 12.1 Å². The van der Waals surface area contributed by atoms with Crippen molar-refractivity contribution in [1.82, 2.24) is 20.6 Å². The molecule has 0 aliphatic carbocycles. The summed E-state index contributed by atoms with van der Waals surface area (Å²) in [6, 6.07) is 13.0. The van der Waals surface area contributed by atoms with E-state index < -0.39 is 5.82 Å². The van der Waals surface area contributed by atoms with Crippen molar-refractivity contribution in [2.24, 2.45) is 0 Å². The van der Waals surface area contributed by atoms with Gasteiger partial charge in [-0.25, -0.2) is 19.9 Å². The van der Waals surface area contributed by atoms with Crippen molar-refractivity contribution in [3.05, 3.63) is 71.8 Å². The largest absolute Gasteiger partial charge is 0.505 e. The van der Waals surface area contributed by atoms with Crippen LogP contribution in [0.15, 0.2) is 54.9 Å². The number of benzene rings is 2. The monoisotopic (exact) mass is 353 g/mol. The maximum absolute atomic E-state index is 13.6. The molecule has 0 amide bonds. The summed E-state index contributed by atoms with van der Waals surface area (Å²) >= 11 is 0. The minimum Gasteiger partial charge on any atom is -0.505 e. The number of hydrogen-bond acceptors (Lipinski definition) is 5. The van der Waals surface area contributed by atoms with E-state index in [0.29, 0.717) is 5.69 Å². The summed E-state index contributed by atoms with van der Waals surface area (Å²) in [4.78, 5) is 0. The van der Waals surface area contributed by atoms with E-state index in [2.05, 4.69) is 33.4 Å². The first-order valence-electron chi connectivity index (χ1n) is 8.47. The molecule has 3 aromatic rings. The molecule has 4 rings (SSSR count). The molecule has 0 radical (unpaired) electrons. The van der Waals surface area contributed by atoms with Crippen LogP contribution in [0.3, 0.4) is 0 Å². The van der Waals surface area contributed by atoms with Crippen molar-refractivity contribution in [3.63, 3.8) is 0 Å². The highest BCUT2D eigenvalue weighted by atomic mass is 19.1. The van der Waals surface area contributed by atoms with Crippen molar-refractivity contribution >= 4 is 5.69 Å². The van der Waals surface area contributed by atoms with Crippen LogP contribution in [0.4, 0.5) is 10.1 Å². The molecule has 4 N–H and O–H groups in total. The molecule has 2 heterocycles. The first-order chi connectivity index (χ1) is 12.6. The average molecular weight is 353 g/mol. The van der Waals surface area contributed by atoms with Crippen molar-refractivity contribution in [1.29, 1.82) is 0 Å². The Labute approximate surface area is 150 Å². The van der Waals surface area contributed by atoms with E-state index >= 15 is 0 Å². The summed E-state index contributed by atoms with van der Waals surface area (Å²) in [5.74, 6) is -0.962. The number of rotatable bonds is 4. The lowest BCUT2D eigenvalue weighted by Crippen LogP contribution is -2.36. The molecule has 7 heteroatoms. The molecule has 26 heavy (non-hydrogen) atoms. The van der Waals surface area contributed by atoms with Gasteiger partial charge in [0.25, 0.3) is 0 Å². The number of phenols is 1. The molecule has 2 aromatic carbocycles. The number of hydrazine groups is 1. The SMILES string of the molecule is Cc1cc(O)c(F)cc1NC1CC(c2ccc(-n3cccn3)cc2)NN1. The fraction of sp³-hybridized carbons (Fsp3) is 0.211. The standard InChI is InChI=1S/C19H20FN5O/c1-12-9-18(26)15(20)10-16(12)22-19-11-17(23-24-19)13-3-5-14(6-4-13)25-8-2-7-21-25/h2-10,17,19,22-24,26H,11H2,1H3. The number of aryl methyl sites for hydroxylation is 1. The minimum atomic E-state index is -0.630. The van der Waals surface area contributed by atoms with Crippen molar-refractivity contribution in [3.8, 4) is 11.4 Å². The topological polar surface area (TPSA) is 74.1 Å². The third-order valence-electron chi connectivity index (χ3n) is 4.59. The van der Waals surface area contributed by atoms with Gasteiger partial charge in [0.2, 0.25) is 0 Å². The highest BCUT2D eigenvalue weighted by Gasteiger charge is 2.25. The lowest BCUT2D eigenvalue weighted by atomic mass is 10.0. The molecular formula is C19H20FN5O. The molecule has 0 bridgehead atoms. The lowest BCUT2D eigenvalue weighted by molar-refractivity contribution is 0.432. The molecule has 2 atom stereocenters. The number of anilines is 1. The number of nitrogens with one attached hydrogen (secondary N) is 3. The Bertz CT molecular complexity index is 895. The second-order valence-corrected chi connectivity index (χ2v) is 6.43. The molecule has 6 nitrogen and oxygen atoms in total. The third-order valence-corrected chi connectivity index (χ3v) is 4.59. The number of aromatic nitrogens is 2. The van der Waals surface area contributed by atoms with Crippen LogP contribution in [0.1, 0.15) is 23.6 Å². The van der Waals surface area contributed by atoms with E-state index in [0.717, 1.165) is 23.2 Å². The second-order valence-electron chi connectivity index (χ2n) is 6.43. The molecule has 2 unspecified atom stereocenters. The number of halogens is 1. The van der Waals surface area contributed by atoms with Crippen molar-refractivity contribution in [2.75, 3.05) is 5.32 Å². The van der Waals surface area contributed by atoms with Gasteiger partial charge in [-0.3, -0.25) is 0 Å². The molecule has 1 aliphatic rings. The van der Waals surface area contributed by atoms with Gasteiger partial charge in [-0.05, 0) is 42.3 Å². The zero-order chi connectivity index (χ0) is 18.1. The molecular weight excluding hydrogens is 333 g/mol. The molecule has 1 aliphatic heterocycles. The smallest absolute Gasteiger partial charge is 0.166 e. The quantitative estimate of drug-likeness (QED) is 0.543. The first-order valence-corrected chi connectivity index (χ1v) is 8.47. The van der Waals surface area contributed by atoms with Gasteiger partial charge in [-0.15, -0.1) is 0 Å². The van der Waals surface area contributed by atoms with Gasteiger partial charge in [0.05, 0.1) is 11.9 Å². The zero-order valence-electron chi connectivity index (χ0n) is 14.3. The van der Waals surface area contributed by atoms with Crippen LogP contribution in [0, 0.1) is 12.7 Å². The predicted molar refractivity (Wildman–Crippen MR) is 97.4 cm³/mol. The molecule has 1 aromatic heterocycles. The maximum Gasteiger partial charge on any atom is 0.166 e.